The molecule has 2 N–H and O–H groups in total. The zero-order chi connectivity index (χ0) is 23.3. The van der Waals surface area contributed by atoms with Crippen LogP contribution in [0.25, 0.3) is 10.8 Å². The van der Waals surface area contributed by atoms with Crippen molar-refractivity contribution in [2.45, 2.75) is 20.0 Å². The number of likely N-dealkylation sites (tertiary alicyclic amines) is 1. The van der Waals surface area contributed by atoms with Crippen molar-refractivity contribution >= 4 is 16.7 Å². The number of carbonyl (C=O) groups is 1. The van der Waals surface area contributed by atoms with Gasteiger partial charge < -0.3 is 29.2 Å². The molecule has 0 saturated carbocycles. The molecule has 178 valence electrons. The first kappa shape index (κ1) is 31.0. The van der Waals surface area contributed by atoms with E-state index in [2.05, 4.69) is 25.2 Å². The zero-order valence-corrected chi connectivity index (χ0v) is 26.3. The summed E-state index contributed by atoms with van der Waals surface area (Å²) < 4.78 is 43.4. The van der Waals surface area contributed by atoms with Crippen molar-refractivity contribution in [3.8, 4) is 11.5 Å². The Morgan fingerprint density at radius 1 is 1.12 bits per heavy atom. The Morgan fingerprint density at radius 2 is 1.76 bits per heavy atom. The number of rotatable bonds is 5. The standard InChI is InChI=1S/C18H12F3NO2.C7H14N.CH3.Cs/c19-18(20,21)13-5-7-14(8-6-13)24-16-3-1-2-11-10-12(17(22)23)4-9-15(11)16;1-3-7-5-8(4-2)6-7;;/h1-10H,(H2,22,23);3,7H,4-6H2,1-2H3;1H3;/q;2*-1;+1. The fourth-order valence-electron chi connectivity index (χ4n) is 3.41. The van der Waals surface area contributed by atoms with Crippen LogP contribution in [0.15, 0.2) is 60.7 Å². The smallest absolute Gasteiger partial charge is 0.457 e. The molecule has 1 aliphatic heterocycles. The Kier molecular flexibility index (Phi) is 12.7. The molecule has 3 aromatic carbocycles. The topological polar surface area (TPSA) is 55.6 Å². The fourth-order valence-corrected chi connectivity index (χ4v) is 3.41. The molecule has 1 aliphatic rings. The minimum Gasteiger partial charge on any atom is -0.457 e. The van der Waals surface area contributed by atoms with Gasteiger partial charge in [-0.3, -0.25) is 4.79 Å². The summed E-state index contributed by atoms with van der Waals surface area (Å²) in [5, 5.41) is 1.47. The summed E-state index contributed by atoms with van der Waals surface area (Å²) in [7, 11) is 0. The minimum atomic E-state index is -4.39. The maximum absolute atomic E-state index is 12.6. The van der Waals surface area contributed by atoms with Crippen LogP contribution in [0.2, 0.25) is 0 Å². The van der Waals surface area contributed by atoms with Crippen LogP contribution in [-0.2, 0) is 6.18 Å². The first-order valence-corrected chi connectivity index (χ1v) is 10.4. The van der Waals surface area contributed by atoms with Gasteiger partial charge in [0.1, 0.15) is 11.5 Å². The molecule has 1 saturated heterocycles. The third-order valence-electron chi connectivity index (χ3n) is 5.44. The van der Waals surface area contributed by atoms with Gasteiger partial charge in [0.25, 0.3) is 0 Å². The second kappa shape index (κ2) is 13.9. The molecule has 4 rings (SSSR count). The van der Waals surface area contributed by atoms with Crippen LogP contribution in [0, 0.1) is 19.8 Å². The number of halogens is 3. The molecule has 8 heteroatoms. The minimum absolute atomic E-state index is 0. The summed E-state index contributed by atoms with van der Waals surface area (Å²) in [5.41, 5.74) is 4.89. The van der Waals surface area contributed by atoms with Gasteiger partial charge in [0, 0.05) is 10.9 Å². The summed E-state index contributed by atoms with van der Waals surface area (Å²) in [6.07, 6.45) is -2.09. The van der Waals surface area contributed by atoms with E-state index in [1.165, 1.54) is 31.8 Å². The molecular weight excluding hydrogens is 562 g/mol. The van der Waals surface area contributed by atoms with Crippen molar-refractivity contribution < 1.29 is 91.6 Å². The van der Waals surface area contributed by atoms with Crippen molar-refractivity contribution in [2.75, 3.05) is 19.6 Å². The molecule has 1 fully saturated rings. The average Bonchev–Trinajstić information content (AvgIpc) is 2.73. The van der Waals surface area contributed by atoms with Gasteiger partial charge in [-0.25, -0.2) is 0 Å². The van der Waals surface area contributed by atoms with Crippen LogP contribution in [0.1, 0.15) is 29.8 Å². The molecule has 0 atom stereocenters. The van der Waals surface area contributed by atoms with Crippen LogP contribution in [0.3, 0.4) is 0 Å². The fraction of sp³-hybridized carbons (Fsp3) is 0.269. The van der Waals surface area contributed by atoms with Crippen LogP contribution in [0.5, 0.6) is 11.5 Å². The number of fused-ring (bicyclic) bond motifs is 1. The first-order chi connectivity index (χ1) is 15.2. The van der Waals surface area contributed by atoms with E-state index in [9.17, 15) is 18.0 Å². The molecule has 0 spiro atoms. The van der Waals surface area contributed by atoms with Crippen molar-refractivity contribution in [1.29, 1.82) is 0 Å². The van der Waals surface area contributed by atoms with E-state index in [1.807, 2.05) is 0 Å². The Hall–Kier alpha value is -1.01. The van der Waals surface area contributed by atoms with E-state index in [0.717, 1.165) is 28.8 Å². The Balaban J connectivity index is 0.000000494. The van der Waals surface area contributed by atoms with Crippen LogP contribution < -0.4 is 79.4 Å². The summed E-state index contributed by atoms with van der Waals surface area (Å²) in [6, 6.07) is 14.6. The van der Waals surface area contributed by atoms with E-state index in [-0.39, 0.29) is 82.1 Å². The number of amides is 1. The van der Waals surface area contributed by atoms with Crippen LogP contribution in [0.4, 0.5) is 13.2 Å². The molecular formula is C26H29CsF3N2O2-. The van der Waals surface area contributed by atoms with Crippen LogP contribution in [-0.4, -0.2) is 30.4 Å². The predicted molar refractivity (Wildman–Crippen MR) is 126 cm³/mol. The second-order valence-electron chi connectivity index (χ2n) is 7.63. The molecule has 3 aromatic rings. The normalized spacial score (nSPS) is 13.6. The SMILES string of the molecule is C[CH-]C1CN(CC)C1.NC(=O)c1ccc2c(Oc3ccc(C(F)(F)F)cc3)cccc2c1.[CH3-].[Cs+]. The maximum atomic E-state index is 12.6. The Morgan fingerprint density at radius 3 is 2.29 bits per heavy atom. The Labute approximate surface area is 258 Å². The number of primary amides is 1. The van der Waals surface area contributed by atoms with Gasteiger partial charge in [-0.2, -0.15) is 20.1 Å². The number of hydrogen-bond acceptors (Lipinski definition) is 3. The molecule has 0 aliphatic carbocycles. The second-order valence-corrected chi connectivity index (χ2v) is 7.63. The third kappa shape index (κ3) is 8.29. The van der Waals surface area contributed by atoms with Gasteiger partial charge in [-0.05, 0) is 73.6 Å². The quantitative estimate of drug-likeness (QED) is 0.464. The van der Waals surface area contributed by atoms with Gasteiger partial charge in [-0.1, -0.05) is 19.1 Å². The van der Waals surface area contributed by atoms with E-state index in [0.29, 0.717) is 11.3 Å². The maximum Gasteiger partial charge on any atom is 1.00 e. The number of alkyl halides is 3. The average molecular weight is 591 g/mol. The molecule has 4 nitrogen and oxygen atoms in total. The zero-order valence-electron chi connectivity index (χ0n) is 20.0. The molecule has 0 radical (unpaired) electrons. The summed E-state index contributed by atoms with van der Waals surface area (Å²) in [5.74, 6) is 1.12. The monoisotopic (exact) mass is 591 g/mol. The van der Waals surface area contributed by atoms with Gasteiger partial charge in [-0.15, -0.1) is 5.92 Å². The number of benzene rings is 3. The summed E-state index contributed by atoms with van der Waals surface area (Å²) in [6.45, 7) is 8.19. The van der Waals surface area contributed by atoms with Crippen molar-refractivity contribution in [2.24, 2.45) is 11.7 Å². The summed E-state index contributed by atoms with van der Waals surface area (Å²) in [4.78, 5) is 13.7. The predicted octanol–water partition coefficient (Wildman–Crippen LogP) is 3.37. The molecule has 1 heterocycles. The van der Waals surface area contributed by atoms with Crippen LogP contribution >= 0.6 is 0 Å². The molecule has 0 bridgehead atoms. The summed E-state index contributed by atoms with van der Waals surface area (Å²) >= 11 is 0. The third-order valence-corrected chi connectivity index (χ3v) is 5.44. The number of carbonyl (C=O) groups excluding carboxylic acids is 1. The molecule has 0 unspecified atom stereocenters. The number of nitrogens with zero attached hydrogens (tertiary/aromatic N) is 1. The van der Waals surface area contributed by atoms with E-state index < -0.39 is 17.6 Å². The van der Waals surface area contributed by atoms with Crippen molar-refractivity contribution in [3.05, 3.63) is 85.6 Å². The van der Waals surface area contributed by atoms with E-state index >= 15 is 0 Å². The molecule has 1 amide bonds. The number of nitrogens with two attached hydrogens (primary N) is 1. The molecule has 0 aromatic heterocycles. The molecule has 34 heavy (non-hydrogen) atoms. The Bertz CT molecular complexity index is 1060. The number of ether oxygens (including phenoxy) is 1. The number of hydrogen-bond donors (Lipinski definition) is 1. The van der Waals surface area contributed by atoms with Gasteiger partial charge in [0.15, 0.2) is 0 Å². The van der Waals surface area contributed by atoms with Crippen molar-refractivity contribution in [1.82, 2.24) is 4.90 Å². The van der Waals surface area contributed by atoms with Gasteiger partial charge in [0.2, 0.25) is 5.91 Å². The van der Waals surface area contributed by atoms with Crippen molar-refractivity contribution in [3.63, 3.8) is 0 Å². The van der Waals surface area contributed by atoms with Gasteiger partial charge >= 0.3 is 75.1 Å². The first-order valence-electron chi connectivity index (χ1n) is 10.4. The van der Waals surface area contributed by atoms with E-state index in [1.54, 1.807) is 36.4 Å². The van der Waals surface area contributed by atoms with E-state index in [4.69, 9.17) is 10.5 Å². The largest absolute Gasteiger partial charge is 1.00 e. The van der Waals surface area contributed by atoms with Gasteiger partial charge in [0.05, 0.1) is 5.56 Å².